The number of likely N-dealkylation sites (tertiary alicyclic amines) is 1. The first-order valence-electron chi connectivity index (χ1n) is 10.0. The van der Waals surface area contributed by atoms with E-state index < -0.39 is 0 Å². The fourth-order valence-corrected chi connectivity index (χ4v) is 5.40. The lowest BCUT2D eigenvalue weighted by molar-refractivity contribution is 0.0928. The summed E-state index contributed by atoms with van der Waals surface area (Å²) < 4.78 is 5.30. The molecule has 1 aliphatic heterocycles. The van der Waals surface area contributed by atoms with Crippen LogP contribution in [0.5, 0.6) is 5.75 Å². The largest absolute Gasteiger partial charge is 0.497 e. The van der Waals surface area contributed by atoms with Crippen LogP contribution in [0.3, 0.4) is 0 Å². The van der Waals surface area contributed by atoms with Crippen LogP contribution in [-0.2, 0) is 12.8 Å². The van der Waals surface area contributed by atoms with Crippen molar-refractivity contribution in [3.63, 3.8) is 0 Å². The van der Waals surface area contributed by atoms with Gasteiger partial charge in [0.15, 0.2) is 0 Å². The van der Waals surface area contributed by atoms with Gasteiger partial charge in [0.2, 0.25) is 0 Å². The van der Waals surface area contributed by atoms with Gasteiger partial charge in [-0.1, -0.05) is 18.6 Å². The summed E-state index contributed by atoms with van der Waals surface area (Å²) in [5, 5.41) is 3.21. The average Bonchev–Trinajstić information content (AvgIpc) is 3.32. The summed E-state index contributed by atoms with van der Waals surface area (Å²) in [5.74, 6) is 0.943. The zero-order chi connectivity index (χ0) is 18.6. The first-order chi connectivity index (χ1) is 13.2. The third-order valence-electron chi connectivity index (χ3n) is 5.76. The van der Waals surface area contributed by atoms with Crippen molar-refractivity contribution >= 4 is 17.2 Å². The number of aryl methyl sites for hydroxylation is 2. The van der Waals surface area contributed by atoms with Gasteiger partial charge in [0.25, 0.3) is 5.91 Å². The molecule has 1 saturated heterocycles. The van der Waals surface area contributed by atoms with E-state index in [1.54, 1.807) is 18.4 Å². The molecule has 0 unspecified atom stereocenters. The number of fused-ring (bicyclic) bond motifs is 1. The standard InChI is InChI=1S/C22H28N2O2S/c1-26-18-10-8-16(9-11-18)19(24-12-3-2-4-13-24)15-23-22(25)21-14-17-6-5-7-20(17)27-21/h8-11,14,19H,2-7,12-13,15H2,1H3,(H,23,25)/t19-/m1/s1. The molecule has 2 heterocycles. The maximum Gasteiger partial charge on any atom is 0.261 e. The van der Waals surface area contributed by atoms with Crippen molar-refractivity contribution in [2.45, 2.75) is 44.6 Å². The van der Waals surface area contributed by atoms with Crippen molar-refractivity contribution in [3.05, 3.63) is 51.2 Å². The molecule has 1 atom stereocenters. The van der Waals surface area contributed by atoms with Crippen LogP contribution in [-0.4, -0.2) is 37.6 Å². The fourth-order valence-electron chi connectivity index (χ4n) is 4.23. The van der Waals surface area contributed by atoms with Crippen LogP contribution in [0.25, 0.3) is 0 Å². The highest BCUT2D eigenvalue weighted by Gasteiger charge is 2.24. The minimum Gasteiger partial charge on any atom is -0.497 e. The number of thiophene rings is 1. The topological polar surface area (TPSA) is 41.6 Å². The molecule has 144 valence electrons. The van der Waals surface area contributed by atoms with Crippen molar-refractivity contribution in [2.24, 2.45) is 0 Å². The number of carbonyl (C=O) groups is 1. The van der Waals surface area contributed by atoms with Crippen LogP contribution in [0.4, 0.5) is 0 Å². The van der Waals surface area contributed by atoms with Gasteiger partial charge in [-0.2, -0.15) is 0 Å². The molecule has 0 bridgehead atoms. The molecule has 1 N–H and O–H groups in total. The molecule has 2 aromatic rings. The molecule has 27 heavy (non-hydrogen) atoms. The molecular formula is C22H28N2O2S. The second-order valence-electron chi connectivity index (χ2n) is 7.51. The van der Waals surface area contributed by atoms with Crippen LogP contribution < -0.4 is 10.1 Å². The van der Waals surface area contributed by atoms with Crippen LogP contribution in [0, 0.1) is 0 Å². The Kier molecular flexibility index (Phi) is 5.79. The lowest BCUT2D eigenvalue weighted by Crippen LogP contribution is -2.40. The van der Waals surface area contributed by atoms with E-state index in [2.05, 4.69) is 28.4 Å². The Hall–Kier alpha value is -1.85. The summed E-state index contributed by atoms with van der Waals surface area (Å²) in [7, 11) is 1.69. The number of benzene rings is 1. The van der Waals surface area contributed by atoms with Gasteiger partial charge in [-0.25, -0.2) is 0 Å². The zero-order valence-corrected chi connectivity index (χ0v) is 16.8. The third kappa shape index (κ3) is 4.19. The maximum absolute atomic E-state index is 12.7. The SMILES string of the molecule is COc1ccc([C@@H](CNC(=O)c2cc3c(s2)CCC3)N2CCCCC2)cc1. The Bertz CT molecular complexity index is 757. The van der Waals surface area contributed by atoms with Gasteiger partial charge < -0.3 is 10.1 Å². The van der Waals surface area contributed by atoms with Gasteiger partial charge in [0.1, 0.15) is 5.75 Å². The fraction of sp³-hybridized carbons (Fsp3) is 0.500. The van der Waals surface area contributed by atoms with Crippen LogP contribution >= 0.6 is 11.3 Å². The van der Waals surface area contributed by atoms with E-state index in [1.165, 1.54) is 41.7 Å². The number of methoxy groups -OCH3 is 1. The molecule has 4 nitrogen and oxygen atoms in total. The lowest BCUT2D eigenvalue weighted by atomic mass is 10.0. The van der Waals surface area contributed by atoms with Crippen LogP contribution in [0.1, 0.15) is 57.4 Å². The van der Waals surface area contributed by atoms with E-state index >= 15 is 0 Å². The first-order valence-corrected chi connectivity index (χ1v) is 10.8. The van der Waals surface area contributed by atoms with Crippen molar-refractivity contribution in [2.75, 3.05) is 26.7 Å². The molecule has 1 aliphatic carbocycles. The number of nitrogens with one attached hydrogen (secondary N) is 1. The summed E-state index contributed by atoms with van der Waals surface area (Å²) in [4.78, 5) is 17.5. The Morgan fingerprint density at radius 2 is 1.93 bits per heavy atom. The highest BCUT2D eigenvalue weighted by Crippen LogP contribution is 2.31. The number of amides is 1. The van der Waals surface area contributed by atoms with E-state index in [1.807, 2.05) is 12.1 Å². The summed E-state index contributed by atoms with van der Waals surface area (Å²) in [6.45, 7) is 2.84. The number of hydrogen-bond acceptors (Lipinski definition) is 4. The van der Waals surface area contributed by atoms with E-state index in [0.29, 0.717) is 6.54 Å². The number of nitrogens with zero attached hydrogens (tertiary/aromatic N) is 1. The minimum absolute atomic E-state index is 0.0740. The Morgan fingerprint density at radius 3 is 2.63 bits per heavy atom. The Balaban J connectivity index is 1.46. The molecule has 0 spiro atoms. The molecule has 0 saturated carbocycles. The third-order valence-corrected chi connectivity index (χ3v) is 6.99. The van der Waals surface area contributed by atoms with E-state index in [0.717, 1.165) is 36.6 Å². The molecule has 1 aromatic heterocycles. The number of hydrogen-bond donors (Lipinski definition) is 1. The number of rotatable bonds is 6. The molecule has 4 rings (SSSR count). The average molecular weight is 385 g/mol. The maximum atomic E-state index is 12.7. The molecule has 5 heteroatoms. The number of piperidine rings is 1. The highest BCUT2D eigenvalue weighted by molar-refractivity contribution is 7.14. The highest BCUT2D eigenvalue weighted by atomic mass is 32.1. The minimum atomic E-state index is 0.0740. The van der Waals surface area contributed by atoms with Gasteiger partial charge in [0.05, 0.1) is 18.0 Å². The Labute approximate surface area is 165 Å². The van der Waals surface area contributed by atoms with Crippen molar-refractivity contribution in [1.82, 2.24) is 10.2 Å². The van der Waals surface area contributed by atoms with Crippen LogP contribution in [0.15, 0.2) is 30.3 Å². The van der Waals surface area contributed by atoms with Crippen molar-refractivity contribution in [1.29, 1.82) is 0 Å². The Morgan fingerprint density at radius 1 is 1.15 bits per heavy atom. The van der Waals surface area contributed by atoms with Crippen LogP contribution in [0.2, 0.25) is 0 Å². The quantitative estimate of drug-likeness (QED) is 0.811. The van der Waals surface area contributed by atoms with Gasteiger partial charge in [-0.15, -0.1) is 11.3 Å². The van der Waals surface area contributed by atoms with Crippen molar-refractivity contribution < 1.29 is 9.53 Å². The lowest BCUT2D eigenvalue weighted by Gasteiger charge is -2.35. The van der Waals surface area contributed by atoms with Gasteiger partial charge in [-0.3, -0.25) is 9.69 Å². The summed E-state index contributed by atoms with van der Waals surface area (Å²) in [5.41, 5.74) is 2.62. The molecular weight excluding hydrogens is 356 g/mol. The summed E-state index contributed by atoms with van der Waals surface area (Å²) >= 11 is 1.68. The normalized spacial score (nSPS) is 18.1. The molecule has 1 aromatic carbocycles. The van der Waals surface area contributed by atoms with E-state index in [-0.39, 0.29) is 11.9 Å². The number of ether oxygens (including phenoxy) is 1. The molecule has 2 aliphatic rings. The zero-order valence-electron chi connectivity index (χ0n) is 16.0. The first kappa shape index (κ1) is 18.5. The van der Waals surface area contributed by atoms with Crippen molar-refractivity contribution in [3.8, 4) is 5.75 Å². The molecule has 1 fully saturated rings. The smallest absolute Gasteiger partial charge is 0.261 e. The second kappa shape index (κ2) is 8.44. The van der Waals surface area contributed by atoms with Gasteiger partial charge in [-0.05, 0) is 74.5 Å². The molecule has 0 radical (unpaired) electrons. The second-order valence-corrected chi connectivity index (χ2v) is 8.64. The predicted octanol–water partition coefficient (Wildman–Crippen LogP) is 4.20. The summed E-state index contributed by atoms with van der Waals surface area (Å²) in [6, 6.07) is 10.6. The number of carbonyl (C=O) groups excluding carboxylic acids is 1. The molecule has 1 amide bonds. The monoisotopic (exact) mass is 384 g/mol. The van der Waals surface area contributed by atoms with E-state index in [4.69, 9.17) is 4.74 Å². The van der Waals surface area contributed by atoms with E-state index in [9.17, 15) is 4.79 Å². The van der Waals surface area contributed by atoms with Gasteiger partial charge in [0, 0.05) is 11.4 Å². The predicted molar refractivity (Wildman–Crippen MR) is 110 cm³/mol. The van der Waals surface area contributed by atoms with Gasteiger partial charge >= 0.3 is 0 Å². The summed E-state index contributed by atoms with van der Waals surface area (Å²) in [6.07, 6.45) is 7.27.